The molecule has 0 N–H and O–H groups in total. The molecule has 0 radical (unpaired) electrons. The lowest BCUT2D eigenvalue weighted by molar-refractivity contribution is -0.0171. The highest BCUT2D eigenvalue weighted by Crippen LogP contribution is 2.38. The van der Waals surface area contributed by atoms with Crippen LogP contribution in [0.15, 0.2) is 4.79 Å². The zero-order chi connectivity index (χ0) is 20.9. The maximum atomic E-state index is 14.9. The van der Waals surface area contributed by atoms with E-state index in [4.69, 9.17) is 4.74 Å². The Hall–Kier alpha value is -1.84. The molecule has 3 heterocycles. The van der Waals surface area contributed by atoms with E-state index in [1.807, 2.05) is 6.92 Å². The molecule has 3 atom stereocenters. The standard InChI is InChI=1S/C19H26F4N4O2/c1-11-10-29-8-7-25(11)16-15(21)17(28)26-6-5-14(19(2,22)23)27(18(26)24-16)9-13(20)12-3-4-12/h11-14H,3-10H2,1-2H3/t11-,13?,14+/m1/s1. The highest BCUT2D eigenvalue weighted by molar-refractivity contribution is 5.49. The van der Waals surface area contributed by atoms with Crippen molar-refractivity contribution in [3.8, 4) is 0 Å². The summed E-state index contributed by atoms with van der Waals surface area (Å²) in [6.07, 6.45) is 0.0756. The predicted molar refractivity (Wildman–Crippen MR) is 100 cm³/mol. The lowest BCUT2D eigenvalue weighted by Gasteiger charge is -2.42. The van der Waals surface area contributed by atoms with Gasteiger partial charge in [-0.15, -0.1) is 0 Å². The van der Waals surface area contributed by atoms with Gasteiger partial charge >= 0.3 is 0 Å². The van der Waals surface area contributed by atoms with E-state index in [-0.39, 0.29) is 43.2 Å². The molecule has 6 nitrogen and oxygen atoms in total. The van der Waals surface area contributed by atoms with Crippen LogP contribution in [0.4, 0.5) is 29.3 Å². The fraction of sp³-hybridized carbons (Fsp3) is 0.789. The Bertz CT molecular complexity index is 824. The minimum atomic E-state index is -3.12. The molecule has 3 aliphatic rings. The summed E-state index contributed by atoms with van der Waals surface area (Å²) in [5, 5.41) is 0. The van der Waals surface area contributed by atoms with Crippen molar-refractivity contribution in [2.45, 2.75) is 63.8 Å². The van der Waals surface area contributed by atoms with Gasteiger partial charge in [-0.1, -0.05) is 0 Å². The van der Waals surface area contributed by atoms with Crippen LogP contribution in [0.2, 0.25) is 0 Å². The van der Waals surface area contributed by atoms with E-state index >= 15 is 0 Å². The predicted octanol–water partition coefficient (Wildman–Crippen LogP) is 2.59. The molecule has 4 rings (SSSR count). The third kappa shape index (κ3) is 3.83. The number of ether oxygens (including phenoxy) is 1. The van der Waals surface area contributed by atoms with Crippen LogP contribution in [0.5, 0.6) is 0 Å². The van der Waals surface area contributed by atoms with Gasteiger partial charge in [0.1, 0.15) is 6.17 Å². The Balaban J connectivity index is 1.78. The first kappa shape index (κ1) is 20.4. The molecule has 29 heavy (non-hydrogen) atoms. The fourth-order valence-electron chi connectivity index (χ4n) is 4.24. The van der Waals surface area contributed by atoms with E-state index in [0.29, 0.717) is 19.8 Å². The Morgan fingerprint density at radius 1 is 1.28 bits per heavy atom. The summed E-state index contributed by atoms with van der Waals surface area (Å²) < 4.78 is 64.6. The minimum Gasteiger partial charge on any atom is -0.377 e. The van der Waals surface area contributed by atoms with Crippen LogP contribution >= 0.6 is 0 Å². The zero-order valence-corrected chi connectivity index (χ0v) is 16.6. The van der Waals surface area contributed by atoms with Gasteiger partial charge in [0, 0.05) is 20.0 Å². The summed E-state index contributed by atoms with van der Waals surface area (Å²) in [6, 6.07) is -1.53. The first-order valence-electron chi connectivity index (χ1n) is 10.1. The first-order chi connectivity index (χ1) is 13.7. The molecule has 10 heteroatoms. The average molecular weight is 418 g/mol. The molecule has 1 aromatic heterocycles. The van der Waals surface area contributed by atoms with Gasteiger partial charge in [-0.3, -0.25) is 9.36 Å². The Morgan fingerprint density at radius 2 is 2.00 bits per heavy atom. The van der Waals surface area contributed by atoms with Gasteiger partial charge in [0.05, 0.1) is 31.8 Å². The van der Waals surface area contributed by atoms with Gasteiger partial charge in [0.25, 0.3) is 11.5 Å². The van der Waals surface area contributed by atoms with E-state index in [1.165, 1.54) is 4.90 Å². The van der Waals surface area contributed by atoms with E-state index in [1.54, 1.807) is 4.90 Å². The number of alkyl halides is 3. The number of nitrogens with zero attached hydrogens (tertiary/aromatic N) is 4. The first-order valence-corrected chi connectivity index (χ1v) is 10.1. The number of fused-ring (bicyclic) bond motifs is 1. The van der Waals surface area contributed by atoms with Crippen LogP contribution in [0.1, 0.15) is 33.1 Å². The largest absolute Gasteiger partial charge is 0.377 e. The lowest BCUT2D eigenvalue weighted by Crippen LogP contribution is -2.55. The number of hydrogen-bond acceptors (Lipinski definition) is 5. The zero-order valence-electron chi connectivity index (χ0n) is 16.6. The summed E-state index contributed by atoms with van der Waals surface area (Å²) in [5.41, 5.74) is -0.909. The van der Waals surface area contributed by atoms with Gasteiger partial charge < -0.3 is 14.5 Å². The molecule has 162 valence electrons. The summed E-state index contributed by atoms with van der Waals surface area (Å²) in [4.78, 5) is 19.8. The molecule has 2 fully saturated rings. The van der Waals surface area contributed by atoms with Crippen LogP contribution in [-0.2, 0) is 11.3 Å². The molecule has 0 aromatic carbocycles. The van der Waals surface area contributed by atoms with Crippen LogP contribution in [0, 0.1) is 11.7 Å². The highest BCUT2D eigenvalue weighted by Gasteiger charge is 2.45. The number of morpholine rings is 1. The molecule has 1 saturated heterocycles. The molecule has 0 amide bonds. The molecular formula is C19H26F4N4O2. The van der Waals surface area contributed by atoms with E-state index < -0.39 is 29.5 Å². The van der Waals surface area contributed by atoms with Crippen molar-refractivity contribution in [2.24, 2.45) is 5.92 Å². The van der Waals surface area contributed by atoms with Crippen molar-refractivity contribution >= 4 is 11.8 Å². The maximum absolute atomic E-state index is 14.9. The molecule has 1 saturated carbocycles. The summed E-state index contributed by atoms with van der Waals surface area (Å²) >= 11 is 0. The monoisotopic (exact) mass is 418 g/mol. The topological polar surface area (TPSA) is 50.6 Å². The van der Waals surface area contributed by atoms with E-state index in [9.17, 15) is 22.4 Å². The van der Waals surface area contributed by atoms with Gasteiger partial charge in [0.2, 0.25) is 11.8 Å². The van der Waals surface area contributed by atoms with Crippen molar-refractivity contribution in [2.75, 3.05) is 36.1 Å². The summed E-state index contributed by atoms with van der Waals surface area (Å²) in [7, 11) is 0. The van der Waals surface area contributed by atoms with Crippen LogP contribution in [-0.4, -0.2) is 60.0 Å². The minimum absolute atomic E-state index is 0.0776. The second kappa shape index (κ2) is 7.45. The maximum Gasteiger partial charge on any atom is 0.293 e. The third-order valence-corrected chi connectivity index (χ3v) is 6.07. The number of rotatable bonds is 5. The quantitative estimate of drug-likeness (QED) is 0.688. The van der Waals surface area contributed by atoms with E-state index in [2.05, 4.69) is 4.98 Å². The van der Waals surface area contributed by atoms with Crippen LogP contribution in [0.25, 0.3) is 0 Å². The number of hydrogen-bond donors (Lipinski definition) is 0. The fourth-order valence-corrected chi connectivity index (χ4v) is 4.24. The molecule has 1 unspecified atom stereocenters. The Labute approximate surface area is 166 Å². The van der Waals surface area contributed by atoms with Gasteiger partial charge in [-0.25, -0.2) is 13.2 Å². The average Bonchev–Trinajstić information content (AvgIpc) is 3.50. The lowest BCUT2D eigenvalue weighted by atomic mass is 10.0. The van der Waals surface area contributed by atoms with Crippen molar-refractivity contribution in [1.82, 2.24) is 9.55 Å². The van der Waals surface area contributed by atoms with E-state index in [0.717, 1.165) is 24.3 Å². The number of aromatic nitrogens is 2. The molecule has 1 aliphatic carbocycles. The van der Waals surface area contributed by atoms with Crippen molar-refractivity contribution in [3.05, 3.63) is 16.2 Å². The molecule has 0 spiro atoms. The van der Waals surface area contributed by atoms with Gasteiger partial charge in [-0.05, 0) is 32.1 Å². The Morgan fingerprint density at radius 3 is 2.62 bits per heavy atom. The smallest absolute Gasteiger partial charge is 0.293 e. The van der Waals surface area contributed by atoms with Crippen molar-refractivity contribution in [1.29, 1.82) is 0 Å². The van der Waals surface area contributed by atoms with Gasteiger partial charge in [-0.2, -0.15) is 9.37 Å². The summed E-state index contributed by atoms with van der Waals surface area (Å²) in [6.45, 7) is 3.25. The Kier molecular flexibility index (Phi) is 5.25. The van der Waals surface area contributed by atoms with Gasteiger partial charge in [0.15, 0.2) is 5.82 Å². The third-order valence-electron chi connectivity index (χ3n) is 6.07. The second-order valence-electron chi connectivity index (χ2n) is 8.39. The molecule has 0 bridgehead atoms. The molecular weight excluding hydrogens is 392 g/mol. The van der Waals surface area contributed by atoms with Crippen LogP contribution < -0.4 is 15.4 Å². The van der Waals surface area contributed by atoms with Crippen molar-refractivity contribution in [3.63, 3.8) is 0 Å². The number of anilines is 2. The van der Waals surface area contributed by atoms with Crippen LogP contribution in [0.3, 0.4) is 0 Å². The molecule has 2 aliphatic heterocycles. The van der Waals surface area contributed by atoms with Crippen molar-refractivity contribution < 1.29 is 22.3 Å². The number of halogens is 4. The second-order valence-corrected chi connectivity index (χ2v) is 8.39. The highest BCUT2D eigenvalue weighted by atomic mass is 19.3. The normalized spacial score (nSPS) is 26.4. The summed E-state index contributed by atoms with van der Waals surface area (Å²) in [5.74, 6) is -4.53. The SMILES string of the molecule is C[C@@H]1COCCN1c1nc2n(c(=O)c1F)CC[C@@H](C(C)(F)F)N2CC(F)C1CC1. The molecule has 1 aromatic rings.